The van der Waals surface area contributed by atoms with Crippen molar-refractivity contribution < 1.29 is 4.79 Å². The summed E-state index contributed by atoms with van der Waals surface area (Å²) < 4.78 is 0. The number of nitrogens with two attached hydrogens (primary N) is 1. The minimum Gasteiger partial charge on any atom is -0.399 e. The van der Waals surface area contributed by atoms with Crippen molar-refractivity contribution in [1.29, 1.82) is 0 Å². The van der Waals surface area contributed by atoms with Crippen molar-refractivity contribution in [2.24, 2.45) is 0 Å². The second kappa shape index (κ2) is 4.03. The highest BCUT2D eigenvalue weighted by Gasteiger charge is 2.29. The van der Waals surface area contributed by atoms with Crippen molar-refractivity contribution in [1.82, 2.24) is 0 Å². The van der Waals surface area contributed by atoms with Crippen molar-refractivity contribution in [2.75, 3.05) is 10.6 Å². The van der Waals surface area contributed by atoms with Crippen LogP contribution < -0.4 is 10.6 Å². The van der Waals surface area contributed by atoms with Gasteiger partial charge in [0.25, 0.3) is 0 Å². The maximum atomic E-state index is 12.1. The molecule has 0 saturated carbocycles. The zero-order valence-electron chi connectivity index (χ0n) is 9.56. The number of benzene rings is 2. The van der Waals surface area contributed by atoms with Gasteiger partial charge >= 0.3 is 0 Å². The summed E-state index contributed by atoms with van der Waals surface area (Å²) in [7, 11) is 0. The fourth-order valence-electron chi connectivity index (χ4n) is 2.24. The normalized spacial score (nSPS) is 13.8. The molecule has 90 valence electrons. The second-order valence-electron chi connectivity index (χ2n) is 4.25. The lowest BCUT2D eigenvalue weighted by atomic mass is 10.1. The highest BCUT2D eigenvalue weighted by atomic mass is 35.5. The van der Waals surface area contributed by atoms with Crippen molar-refractivity contribution in [3.63, 3.8) is 0 Å². The summed E-state index contributed by atoms with van der Waals surface area (Å²) in [6.45, 7) is 0. The van der Waals surface area contributed by atoms with E-state index in [0.717, 1.165) is 11.3 Å². The first-order valence-electron chi connectivity index (χ1n) is 5.63. The van der Waals surface area contributed by atoms with Crippen LogP contribution in [0.25, 0.3) is 0 Å². The van der Waals surface area contributed by atoms with E-state index >= 15 is 0 Å². The van der Waals surface area contributed by atoms with E-state index < -0.39 is 0 Å². The first-order valence-corrected chi connectivity index (χ1v) is 6.00. The third-order valence-corrected chi connectivity index (χ3v) is 3.35. The first kappa shape index (κ1) is 11.1. The van der Waals surface area contributed by atoms with E-state index in [2.05, 4.69) is 0 Å². The Hall–Kier alpha value is -2.00. The fourth-order valence-corrected chi connectivity index (χ4v) is 2.46. The van der Waals surface area contributed by atoms with Gasteiger partial charge in [-0.15, -0.1) is 0 Å². The van der Waals surface area contributed by atoms with Gasteiger partial charge in [-0.25, -0.2) is 0 Å². The monoisotopic (exact) mass is 258 g/mol. The highest BCUT2D eigenvalue weighted by molar-refractivity contribution is 6.34. The molecule has 0 fully saturated rings. The number of carbonyl (C=O) groups excluding carboxylic acids is 1. The number of anilines is 3. The number of hydrogen-bond donors (Lipinski definition) is 1. The molecule has 0 saturated heterocycles. The molecule has 2 N–H and O–H groups in total. The maximum Gasteiger partial charge on any atom is 0.236 e. The SMILES string of the molecule is Nc1ccc2c(c1)CC(=O)N2c1ccccc1Cl. The number of nitrogens with zero attached hydrogens (tertiary/aromatic N) is 1. The van der Waals surface area contributed by atoms with Crippen LogP contribution in [0, 0.1) is 0 Å². The lowest BCUT2D eigenvalue weighted by Crippen LogP contribution is -2.21. The number of fused-ring (bicyclic) bond motifs is 1. The van der Waals surface area contributed by atoms with Gasteiger partial charge in [-0.1, -0.05) is 23.7 Å². The van der Waals surface area contributed by atoms with Gasteiger partial charge < -0.3 is 5.73 Å². The average molecular weight is 259 g/mol. The van der Waals surface area contributed by atoms with Crippen molar-refractivity contribution in [2.45, 2.75) is 6.42 Å². The Morgan fingerprint density at radius 3 is 2.67 bits per heavy atom. The average Bonchev–Trinajstić information content (AvgIpc) is 2.65. The standard InChI is InChI=1S/C14H11ClN2O/c15-11-3-1-2-4-13(11)17-12-6-5-10(16)7-9(12)8-14(17)18/h1-7H,8,16H2. The summed E-state index contributed by atoms with van der Waals surface area (Å²) in [6, 6.07) is 12.8. The van der Waals surface area contributed by atoms with Gasteiger partial charge in [-0.3, -0.25) is 9.69 Å². The third kappa shape index (κ3) is 1.64. The lowest BCUT2D eigenvalue weighted by Gasteiger charge is -2.18. The first-order chi connectivity index (χ1) is 8.66. The van der Waals surface area contributed by atoms with E-state index in [1.54, 1.807) is 17.0 Å². The van der Waals surface area contributed by atoms with Crippen LogP contribution in [0.1, 0.15) is 5.56 Å². The molecule has 3 rings (SSSR count). The molecule has 1 aliphatic heterocycles. The topological polar surface area (TPSA) is 46.3 Å². The van der Waals surface area contributed by atoms with E-state index in [4.69, 9.17) is 17.3 Å². The number of nitrogen functional groups attached to an aromatic ring is 1. The summed E-state index contributed by atoms with van der Waals surface area (Å²) in [5.41, 5.74) is 8.93. The number of hydrogen-bond acceptors (Lipinski definition) is 2. The molecule has 3 nitrogen and oxygen atoms in total. The van der Waals surface area contributed by atoms with E-state index in [0.29, 0.717) is 22.8 Å². The molecular weight excluding hydrogens is 248 g/mol. The molecule has 1 aliphatic rings. The van der Waals surface area contributed by atoms with Gasteiger partial charge in [0.2, 0.25) is 5.91 Å². The molecule has 4 heteroatoms. The van der Waals surface area contributed by atoms with Crippen LogP contribution in [0.3, 0.4) is 0 Å². The number of amides is 1. The Labute approximate surface area is 110 Å². The molecule has 0 bridgehead atoms. The van der Waals surface area contributed by atoms with Crippen LogP contribution in [-0.2, 0) is 11.2 Å². The van der Waals surface area contributed by atoms with Crippen LogP contribution in [0.2, 0.25) is 5.02 Å². The highest BCUT2D eigenvalue weighted by Crippen LogP contribution is 2.39. The Morgan fingerprint density at radius 2 is 1.89 bits per heavy atom. The molecule has 0 unspecified atom stereocenters. The molecule has 18 heavy (non-hydrogen) atoms. The lowest BCUT2D eigenvalue weighted by molar-refractivity contribution is -0.116. The van der Waals surface area contributed by atoms with Gasteiger partial charge in [0, 0.05) is 5.69 Å². The van der Waals surface area contributed by atoms with Gasteiger partial charge in [-0.2, -0.15) is 0 Å². The van der Waals surface area contributed by atoms with E-state index in [9.17, 15) is 4.79 Å². The molecular formula is C14H11ClN2O. The zero-order chi connectivity index (χ0) is 12.7. The largest absolute Gasteiger partial charge is 0.399 e. The van der Waals surface area contributed by atoms with E-state index in [1.165, 1.54) is 0 Å². The number of para-hydroxylation sites is 1. The van der Waals surface area contributed by atoms with Gasteiger partial charge in [-0.05, 0) is 35.9 Å². The quantitative estimate of drug-likeness (QED) is 0.799. The van der Waals surface area contributed by atoms with Crippen LogP contribution in [0.4, 0.5) is 17.1 Å². The minimum absolute atomic E-state index is 0.0173. The predicted octanol–water partition coefficient (Wildman–Crippen LogP) is 3.14. The number of rotatable bonds is 1. The summed E-state index contributed by atoms with van der Waals surface area (Å²) in [5, 5.41) is 0.565. The third-order valence-electron chi connectivity index (χ3n) is 3.03. The fraction of sp³-hybridized carbons (Fsp3) is 0.0714. The molecule has 1 heterocycles. The zero-order valence-corrected chi connectivity index (χ0v) is 10.3. The van der Waals surface area contributed by atoms with Gasteiger partial charge in [0.15, 0.2) is 0 Å². The Morgan fingerprint density at radius 1 is 1.11 bits per heavy atom. The Kier molecular flexibility index (Phi) is 2.49. The minimum atomic E-state index is 0.0173. The molecule has 0 aliphatic carbocycles. The summed E-state index contributed by atoms with van der Waals surface area (Å²) in [4.78, 5) is 13.8. The molecule has 2 aromatic rings. The van der Waals surface area contributed by atoms with Crippen LogP contribution >= 0.6 is 11.6 Å². The summed E-state index contributed by atoms with van der Waals surface area (Å²) in [6.07, 6.45) is 0.367. The van der Waals surface area contributed by atoms with E-state index in [-0.39, 0.29) is 5.91 Å². The van der Waals surface area contributed by atoms with E-state index in [1.807, 2.05) is 30.3 Å². The molecule has 0 spiro atoms. The Balaban J connectivity index is 2.15. The van der Waals surface area contributed by atoms with Crippen molar-refractivity contribution in [3.05, 3.63) is 53.1 Å². The van der Waals surface area contributed by atoms with Gasteiger partial charge in [0.05, 0.1) is 22.8 Å². The van der Waals surface area contributed by atoms with Gasteiger partial charge in [0.1, 0.15) is 0 Å². The Bertz CT molecular complexity index is 639. The van der Waals surface area contributed by atoms with Crippen LogP contribution in [-0.4, -0.2) is 5.91 Å². The predicted molar refractivity (Wildman–Crippen MR) is 73.2 cm³/mol. The summed E-state index contributed by atoms with van der Waals surface area (Å²) >= 11 is 6.15. The molecule has 0 atom stereocenters. The molecule has 0 radical (unpaired) electrons. The molecule has 2 aromatic carbocycles. The molecule has 1 amide bonds. The summed E-state index contributed by atoms with van der Waals surface area (Å²) in [5.74, 6) is 0.0173. The second-order valence-corrected chi connectivity index (χ2v) is 4.65. The number of halogens is 1. The number of carbonyl (C=O) groups is 1. The van der Waals surface area contributed by atoms with Crippen LogP contribution in [0.5, 0.6) is 0 Å². The maximum absolute atomic E-state index is 12.1. The van der Waals surface area contributed by atoms with Crippen LogP contribution in [0.15, 0.2) is 42.5 Å². The van der Waals surface area contributed by atoms with Crippen molar-refractivity contribution >= 4 is 34.6 Å². The molecule has 0 aromatic heterocycles. The smallest absolute Gasteiger partial charge is 0.236 e. The van der Waals surface area contributed by atoms with Crippen molar-refractivity contribution in [3.8, 4) is 0 Å².